The first-order chi connectivity index (χ1) is 6.85. The molecule has 0 radical (unpaired) electrons. The highest BCUT2D eigenvalue weighted by Crippen LogP contribution is 2.16. The monoisotopic (exact) mass is 194 g/mol. The van der Waals surface area contributed by atoms with Crippen LogP contribution in [0.2, 0.25) is 0 Å². The minimum absolute atomic E-state index is 0.665. The van der Waals surface area contributed by atoms with Crippen LogP contribution in [0, 0.1) is 5.92 Å². The molecule has 0 fully saturated rings. The first kappa shape index (κ1) is 13.5. The molecule has 0 aliphatic heterocycles. The van der Waals surface area contributed by atoms with E-state index in [1.54, 1.807) is 0 Å². The number of hydrogen-bond donors (Lipinski definition) is 0. The zero-order valence-corrected chi connectivity index (χ0v) is 9.80. The Morgan fingerprint density at radius 3 is 2.21 bits per heavy atom. The van der Waals surface area contributed by atoms with Crippen molar-refractivity contribution in [1.29, 1.82) is 0 Å². The highest BCUT2D eigenvalue weighted by atomic mass is 14.1. The summed E-state index contributed by atoms with van der Waals surface area (Å²) in [5.41, 5.74) is 0. The Bertz CT molecular complexity index is 135. The molecule has 0 aliphatic rings. The summed E-state index contributed by atoms with van der Waals surface area (Å²) in [6.45, 7) is 9.89. The second kappa shape index (κ2) is 10.6. The summed E-state index contributed by atoms with van der Waals surface area (Å²) in [6, 6.07) is 0. The van der Waals surface area contributed by atoms with Gasteiger partial charge in [0.25, 0.3) is 0 Å². The lowest BCUT2D eigenvalue weighted by molar-refractivity contribution is 0.523. The molecule has 82 valence electrons. The van der Waals surface area contributed by atoms with E-state index >= 15 is 0 Å². The third-order valence-electron chi connectivity index (χ3n) is 2.73. The molecule has 0 nitrogen and oxygen atoms in total. The van der Waals surface area contributed by atoms with Crippen molar-refractivity contribution in [2.75, 3.05) is 0 Å². The number of hydrogen-bond acceptors (Lipinski definition) is 0. The summed E-state index contributed by atoms with van der Waals surface area (Å²) in [6.07, 6.45) is 14.8. The van der Waals surface area contributed by atoms with Gasteiger partial charge in [-0.15, -0.1) is 13.2 Å². The molecular weight excluding hydrogens is 168 g/mol. The molecule has 0 amide bonds. The molecule has 0 N–H and O–H groups in total. The molecule has 0 saturated heterocycles. The standard InChI is InChI=1S/C14H26/c1-4-7-8-9-10-11-13-14(6-3)12-5-2/h5-6,14H,2-4,7-13H2,1H3/t14-/m1/s1. The first-order valence-corrected chi connectivity index (χ1v) is 6.08. The lowest BCUT2D eigenvalue weighted by atomic mass is 9.97. The van der Waals surface area contributed by atoms with Crippen molar-refractivity contribution in [2.24, 2.45) is 5.92 Å². The Labute approximate surface area is 90.1 Å². The van der Waals surface area contributed by atoms with Crippen LogP contribution in [0.3, 0.4) is 0 Å². The lowest BCUT2D eigenvalue weighted by Gasteiger charge is -2.08. The molecule has 1 atom stereocenters. The third-order valence-corrected chi connectivity index (χ3v) is 2.73. The predicted molar refractivity (Wildman–Crippen MR) is 66.5 cm³/mol. The molecule has 14 heavy (non-hydrogen) atoms. The Hall–Kier alpha value is -0.520. The molecule has 0 aliphatic carbocycles. The summed E-state index contributed by atoms with van der Waals surface area (Å²) in [4.78, 5) is 0. The van der Waals surface area contributed by atoms with Gasteiger partial charge in [-0.3, -0.25) is 0 Å². The summed E-state index contributed by atoms with van der Waals surface area (Å²) in [5, 5.41) is 0. The van der Waals surface area contributed by atoms with Crippen molar-refractivity contribution in [2.45, 2.75) is 58.3 Å². The van der Waals surface area contributed by atoms with Gasteiger partial charge in [-0.05, 0) is 18.8 Å². The van der Waals surface area contributed by atoms with Crippen molar-refractivity contribution < 1.29 is 0 Å². The Balaban J connectivity index is 3.23. The molecule has 0 heterocycles. The highest BCUT2D eigenvalue weighted by molar-refractivity contribution is 4.84. The summed E-state index contributed by atoms with van der Waals surface area (Å²) >= 11 is 0. The van der Waals surface area contributed by atoms with Crippen LogP contribution < -0.4 is 0 Å². The predicted octanol–water partition coefficient (Wildman–Crippen LogP) is 5.12. The van der Waals surface area contributed by atoms with E-state index in [0.717, 1.165) is 6.42 Å². The van der Waals surface area contributed by atoms with Crippen LogP contribution in [0.25, 0.3) is 0 Å². The fourth-order valence-electron chi connectivity index (χ4n) is 1.73. The Morgan fingerprint density at radius 2 is 1.64 bits per heavy atom. The average molecular weight is 194 g/mol. The normalized spacial score (nSPS) is 12.4. The van der Waals surface area contributed by atoms with E-state index in [1.807, 2.05) is 6.08 Å². The second-order valence-electron chi connectivity index (χ2n) is 4.08. The zero-order chi connectivity index (χ0) is 10.6. The van der Waals surface area contributed by atoms with Crippen molar-refractivity contribution in [3.05, 3.63) is 25.3 Å². The van der Waals surface area contributed by atoms with E-state index in [9.17, 15) is 0 Å². The lowest BCUT2D eigenvalue weighted by Crippen LogP contribution is -1.94. The van der Waals surface area contributed by atoms with Gasteiger partial charge in [0.05, 0.1) is 0 Å². The molecule has 0 unspecified atom stereocenters. The maximum absolute atomic E-state index is 3.86. The van der Waals surface area contributed by atoms with Gasteiger partial charge >= 0.3 is 0 Å². The maximum atomic E-state index is 3.86. The molecule has 0 bridgehead atoms. The minimum Gasteiger partial charge on any atom is -0.103 e. The summed E-state index contributed by atoms with van der Waals surface area (Å²) < 4.78 is 0. The van der Waals surface area contributed by atoms with Gasteiger partial charge in [-0.1, -0.05) is 57.6 Å². The molecular formula is C14H26. The topological polar surface area (TPSA) is 0 Å². The van der Waals surface area contributed by atoms with Crippen LogP contribution in [-0.4, -0.2) is 0 Å². The fourth-order valence-corrected chi connectivity index (χ4v) is 1.73. The molecule has 0 rings (SSSR count). The van der Waals surface area contributed by atoms with Crippen molar-refractivity contribution >= 4 is 0 Å². The van der Waals surface area contributed by atoms with E-state index in [2.05, 4.69) is 26.2 Å². The van der Waals surface area contributed by atoms with Gasteiger partial charge < -0.3 is 0 Å². The average Bonchev–Trinajstić information content (AvgIpc) is 2.21. The highest BCUT2D eigenvalue weighted by Gasteiger charge is 2.00. The van der Waals surface area contributed by atoms with Crippen LogP contribution in [0.1, 0.15) is 58.3 Å². The van der Waals surface area contributed by atoms with Crippen LogP contribution >= 0.6 is 0 Å². The first-order valence-electron chi connectivity index (χ1n) is 6.08. The number of rotatable bonds is 10. The Kier molecular flexibility index (Phi) is 10.2. The van der Waals surface area contributed by atoms with Crippen molar-refractivity contribution in [3.63, 3.8) is 0 Å². The number of allylic oxidation sites excluding steroid dienone is 2. The van der Waals surface area contributed by atoms with Gasteiger partial charge in [-0.25, -0.2) is 0 Å². The molecule has 0 aromatic heterocycles. The molecule has 0 aromatic rings. The smallest absolute Gasteiger partial charge is 0.0202 e. The fraction of sp³-hybridized carbons (Fsp3) is 0.714. The van der Waals surface area contributed by atoms with Crippen molar-refractivity contribution in [1.82, 2.24) is 0 Å². The Morgan fingerprint density at radius 1 is 1.00 bits per heavy atom. The van der Waals surface area contributed by atoms with Gasteiger partial charge in [0.2, 0.25) is 0 Å². The quantitative estimate of drug-likeness (QED) is 0.334. The van der Waals surface area contributed by atoms with Gasteiger partial charge in [0.1, 0.15) is 0 Å². The molecule has 0 spiro atoms. The van der Waals surface area contributed by atoms with E-state index in [1.165, 1.54) is 44.9 Å². The van der Waals surface area contributed by atoms with Crippen LogP contribution in [0.4, 0.5) is 0 Å². The number of unbranched alkanes of at least 4 members (excludes halogenated alkanes) is 5. The van der Waals surface area contributed by atoms with Crippen LogP contribution in [-0.2, 0) is 0 Å². The summed E-state index contributed by atoms with van der Waals surface area (Å²) in [5.74, 6) is 0.665. The third kappa shape index (κ3) is 8.10. The van der Waals surface area contributed by atoms with E-state index < -0.39 is 0 Å². The van der Waals surface area contributed by atoms with Crippen LogP contribution in [0.5, 0.6) is 0 Å². The van der Waals surface area contributed by atoms with Gasteiger partial charge in [-0.2, -0.15) is 0 Å². The van der Waals surface area contributed by atoms with E-state index in [4.69, 9.17) is 0 Å². The molecule has 0 aromatic carbocycles. The van der Waals surface area contributed by atoms with E-state index in [-0.39, 0.29) is 0 Å². The molecule has 0 heteroatoms. The van der Waals surface area contributed by atoms with Gasteiger partial charge in [0, 0.05) is 0 Å². The zero-order valence-electron chi connectivity index (χ0n) is 9.80. The largest absolute Gasteiger partial charge is 0.103 e. The van der Waals surface area contributed by atoms with Crippen LogP contribution in [0.15, 0.2) is 25.3 Å². The minimum atomic E-state index is 0.665. The van der Waals surface area contributed by atoms with Crippen molar-refractivity contribution in [3.8, 4) is 0 Å². The SMILES string of the molecule is C=CC[C@@H](C=C)CCCCCCCC. The second-order valence-corrected chi connectivity index (χ2v) is 4.08. The summed E-state index contributed by atoms with van der Waals surface area (Å²) in [7, 11) is 0. The maximum Gasteiger partial charge on any atom is -0.0202 e. The van der Waals surface area contributed by atoms with E-state index in [0.29, 0.717) is 5.92 Å². The van der Waals surface area contributed by atoms with Gasteiger partial charge in [0.15, 0.2) is 0 Å². The molecule has 0 saturated carbocycles.